The van der Waals surface area contributed by atoms with Gasteiger partial charge >= 0.3 is 0 Å². The molecule has 0 radical (unpaired) electrons. The van der Waals surface area contributed by atoms with E-state index in [2.05, 4.69) is 39.9 Å². The van der Waals surface area contributed by atoms with Crippen LogP contribution in [0.15, 0.2) is 95.2 Å². The first kappa shape index (κ1) is 27.2. The summed E-state index contributed by atoms with van der Waals surface area (Å²) in [5.74, 6) is -0.459. The predicted molar refractivity (Wildman–Crippen MR) is 164 cm³/mol. The van der Waals surface area contributed by atoms with Gasteiger partial charge in [0.25, 0.3) is 5.91 Å². The molecular formula is C30H23Cl2N3O2S2. The van der Waals surface area contributed by atoms with Gasteiger partial charge in [-0.15, -0.1) is 23.1 Å². The van der Waals surface area contributed by atoms with Crippen molar-refractivity contribution in [2.24, 2.45) is 0 Å². The highest BCUT2D eigenvalue weighted by molar-refractivity contribution is 8.00. The monoisotopic (exact) mass is 591 g/mol. The maximum Gasteiger partial charge on any atom is 0.257 e. The number of carbonyl (C=O) groups excluding carboxylic acids is 2. The highest BCUT2D eigenvalue weighted by Crippen LogP contribution is 2.31. The number of anilines is 2. The van der Waals surface area contributed by atoms with E-state index in [1.54, 1.807) is 18.2 Å². The largest absolute Gasteiger partial charge is 0.322 e. The number of fused-ring (bicyclic) bond motifs is 1. The minimum atomic E-state index is -0.338. The van der Waals surface area contributed by atoms with E-state index in [9.17, 15) is 9.59 Å². The number of amides is 2. The molecular weight excluding hydrogens is 569 g/mol. The topological polar surface area (TPSA) is 71.1 Å². The minimum absolute atomic E-state index is 0.121. The van der Waals surface area contributed by atoms with Gasteiger partial charge in [-0.05, 0) is 59.7 Å². The fourth-order valence-corrected chi connectivity index (χ4v) is 6.23. The second kappa shape index (κ2) is 12.2. The van der Waals surface area contributed by atoms with Crippen LogP contribution in [0.4, 0.5) is 10.8 Å². The molecule has 0 saturated heterocycles. The van der Waals surface area contributed by atoms with Crippen LogP contribution in [-0.4, -0.2) is 22.0 Å². The summed E-state index contributed by atoms with van der Waals surface area (Å²) in [4.78, 5) is 31.3. The average molecular weight is 593 g/mol. The lowest BCUT2D eigenvalue weighted by Gasteiger charge is -2.14. The molecule has 0 fully saturated rings. The molecule has 0 aliphatic rings. The molecule has 5 rings (SSSR count). The molecule has 0 aliphatic heterocycles. The van der Waals surface area contributed by atoms with Crippen molar-refractivity contribution in [2.75, 3.05) is 10.6 Å². The number of aromatic nitrogens is 1. The number of hydrogen-bond donors (Lipinski definition) is 2. The van der Waals surface area contributed by atoms with E-state index in [4.69, 9.17) is 23.2 Å². The molecule has 5 aromatic rings. The standard InChI is InChI=1S/C30H23Cl2N3O2S2/c1-2-27(39-23-9-5-8-22(16-23)33-28(36)24-13-12-21(31)15-25(24)32)29(37)35-30-34-26(17-38-30)20-11-10-18-6-3-4-7-19(18)14-20/h3-17,27H,2H2,1H3,(H,33,36)(H,34,35,37). The van der Waals surface area contributed by atoms with Crippen molar-refractivity contribution in [2.45, 2.75) is 23.5 Å². The molecule has 5 nitrogen and oxygen atoms in total. The summed E-state index contributed by atoms with van der Waals surface area (Å²) < 4.78 is 0. The van der Waals surface area contributed by atoms with Gasteiger partial charge in [0, 0.05) is 26.5 Å². The minimum Gasteiger partial charge on any atom is -0.322 e. The van der Waals surface area contributed by atoms with Crippen LogP contribution in [0.3, 0.4) is 0 Å². The fraction of sp³-hybridized carbons (Fsp3) is 0.100. The van der Waals surface area contributed by atoms with Gasteiger partial charge in [0.15, 0.2) is 5.13 Å². The Morgan fingerprint density at radius 1 is 0.923 bits per heavy atom. The average Bonchev–Trinajstić information content (AvgIpc) is 3.40. The van der Waals surface area contributed by atoms with Gasteiger partial charge in [-0.1, -0.05) is 72.6 Å². The maximum atomic E-state index is 13.1. The van der Waals surface area contributed by atoms with Gasteiger partial charge in [0.1, 0.15) is 0 Å². The van der Waals surface area contributed by atoms with Crippen molar-refractivity contribution in [3.05, 3.63) is 106 Å². The molecule has 4 aromatic carbocycles. The van der Waals surface area contributed by atoms with Crippen LogP contribution < -0.4 is 10.6 Å². The smallest absolute Gasteiger partial charge is 0.257 e. The molecule has 1 atom stereocenters. The van der Waals surface area contributed by atoms with Crippen LogP contribution in [-0.2, 0) is 4.79 Å². The third kappa shape index (κ3) is 6.62. The highest BCUT2D eigenvalue weighted by atomic mass is 35.5. The summed E-state index contributed by atoms with van der Waals surface area (Å²) in [5, 5.41) is 11.1. The van der Waals surface area contributed by atoms with Crippen molar-refractivity contribution < 1.29 is 9.59 Å². The molecule has 0 aliphatic carbocycles. The number of thioether (sulfide) groups is 1. The van der Waals surface area contributed by atoms with E-state index < -0.39 is 0 Å². The summed E-state index contributed by atoms with van der Waals surface area (Å²) in [6.45, 7) is 1.97. The van der Waals surface area contributed by atoms with Crippen molar-refractivity contribution in [3.63, 3.8) is 0 Å². The van der Waals surface area contributed by atoms with E-state index in [0.717, 1.165) is 21.5 Å². The number of nitrogens with zero attached hydrogens (tertiary/aromatic N) is 1. The first-order chi connectivity index (χ1) is 18.9. The summed E-state index contributed by atoms with van der Waals surface area (Å²) in [6, 6.07) is 26.5. The molecule has 1 heterocycles. The van der Waals surface area contributed by atoms with Crippen molar-refractivity contribution >= 4 is 79.7 Å². The summed E-state index contributed by atoms with van der Waals surface area (Å²) in [5.41, 5.74) is 2.76. The molecule has 196 valence electrons. The Kier molecular flexibility index (Phi) is 8.53. The van der Waals surface area contributed by atoms with Crippen LogP contribution in [0.2, 0.25) is 10.0 Å². The molecule has 2 amide bonds. The molecule has 9 heteroatoms. The summed E-state index contributed by atoms with van der Waals surface area (Å²) in [7, 11) is 0. The van der Waals surface area contributed by atoms with E-state index >= 15 is 0 Å². The Balaban J connectivity index is 1.24. The molecule has 39 heavy (non-hydrogen) atoms. The number of nitrogens with one attached hydrogen (secondary N) is 2. The lowest BCUT2D eigenvalue weighted by atomic mass is 10.1. The van der Waals surface area contributed by atoms with E-state index in [1.807, 2.05) is 48.7 Å². The van der Waals surface area contributed by atoms with Gasteiger partial charge in [-0.25, -0.2) is 4.98 Å². The van der Waals surface area contributed by atoms with E-state index in [0.29, 0.717) is 27.8 Å². The molecule has 0 spiro atoms. The Hall–Kier alpha value is -3.36. The second-order valence-corrected chi connectivity index (χ2v) is 11.7. The van der Waals surface area contributed by atoms with Gasteiger partial charge < -0.3 is 10.6 Å². The van der Waals surface area contributed by atoms with Crippen molar-refractivity contribution in [1.29, 1.82) is 0 Å². The second-order valence-electron chi connectivity index (χ2n) is 8.71. The van der Waals surface area contributed by atoms with E-state index in [-0.39, 0.29) is 22.1 Å². The molecule has 0 bridgehead atoms. The van der Waals surface area contributed by atoms with Gasteiger partial charge in [0.05, 0.1) is 21.5 Å². The Bertz CT molecular complexity index is 1670. The van der Waals surface area contributed by atoms with Crippen LogP contribution >= 0.6 is 46.3 Å². The van der Waals surface area contributed by atoms with Crippen LogP contribution in [0.5, 0.6) is 0 Å². The van der Waals surface area contributed by atoms with E-state index in [1.165, 1.54) is 34.6 Å². The number of halogens is 2. The zero-order valence-corrected chi connectivity index (χ0v) is 23.9. The van der Waals surface area contributed by atoms with Crippen LogP contribution in [0, 0.1) is 0 Å². The first-order valence-electron chi connectivity index (χ1n) is 12.2. The van der Waals surface area contributed by atoms with Crippen LogP contribution in [0.25, 0.3) is 22.0 Å². The summed E-state index contributed by atoms with van der Waals surface area (Å²) in [6.07, 6.45) is 0.621. The molecule has 1 unspecified atom stereocenters. The molecule has 1 aromatic heterocycles. The van der Waals surface area contributed by atoms with Gasteiger partial charge in [0.2, 0.25) is 5.91 Å². The number of hydrogen-bond acceptors (Lipinski definition) is 5. The van der Waals surface area contributed by atoms with Crippen molar-refractivity contribution in [1.82, 2.24) is 4.98 Å². The predicted octanol–water partition coefficient (Wildman–Crippen LogP) is 9.03. The SMILES string of the molecule is CCC(Sc1cccc(NC(=O)c2ccc(Cl)cc2Cl)c1)C(=O)Nc1nc(-c2ccc3ccccc3c2)cs1. The zero-order valence-electron chi connectivity index (χ0n) is 20.8. The summed E-state index contributed by atoms with van der Waals surface area (Å²) >= 11 is 14.9. The Morgan fingerprint density at radius 2 is 1.74 bits per heavy atom. The lowest BCUT2D eigenvalue weighted by molar-refractivity contribution is -0.115. The Labute approximate surface area is 244 Å². The third-order valence-corrected chi connectivity index (χ3v) is 8.65. The Morgan fingerprint density at radius 3 is 2.54 bits per heavy atom. The normalized spacial score (nSPS) is 11.8. The highest BCUT2D eigenvalue weighted by Gasteiger charge is 2.20. The number of thiazole rings is 1. The fourth-order valence-electron chi connectivity index (χ4n) is 4.00. The lowest BCUT2D eigenvalue weighted by Crippen LogP contribution is -2.24. The number of benzene rings is 4. The zero-order chi connectivity index (χ0) is 27.4. The third-order valence-electron chi connectivity index (χ3n) is 5.99. The molecule has 2 N–H and O–H groups in total. The first-order valence-corrected chi connectivity index (χ1v) is 14.7. The maximum absolute atomic E-state index is 13.1. The van der Waals surface area contributed by atoms with Gasteiger partial charge in [-0.3, -0.25) is 9.59 Å². The molecule has 0 saturated carbocycles. The number of rotatable bonds is 8. The van der Waals surface area contributed by atoms with Gasteiger partial charge in [-0.2, -0.15) is 0 Å². The number of carbonyl (C=O) groups is 2. The van der Waals surface area contributed by atoms with Crippen LogP contribution in [0.1, 0.15) is 23.7 Å². The van der Waals surface area contributed by atoms with Crippen molar-refractivity contribution in [3.8, 4) is 11.3 Å². The quantitative estimate of drug-likeness (QED) is 0.176.